The number of rotatable bonds is 12. The summed E-state index contributed by atoms with van der Waals surface area (Å²) in [5, 5.41) is 0. The Morgan fingerprint density at radius 3 is 2.21 bits per heavy atom. The first-order valence-electron chi connectivity index (χ1n) is 11.5. The number of hydrogen-bond donors (Lipinski definition) is 0. The van der Waals surface area contributed by atoms with Crippen molar-refractivity contribution in [2.24, 2.45) is 0 Å². The van der Waals surface area contributed by atoms with Gasteiger partial charge in [-0.1, -0.05) is 71.3 Å². The van der Waals surface area contributed by atoms with E-state index in [1.54, 1.807) is 0 Å². The van der Waals surface area contributed by atoms with Gasteiger partial charge in [0.15, 0.2) is 0 Å². The molecule has 1 aromatic rings. The SMILES string of the molecule is CCCCCCCCCCN1C(=O)C2(OCCO2)c2cc(CCCC)ccc21. The Morgan fingerprint density at radius 1 is 0.893 bits per heavy atom. The molecule has 0 N–H and O–H groups in total. The Bertz CT molecular complexity index is 637. The first kappa shape index (κ1) is 21.3. The van der Waals surface area contributed by atoms with Crippen LogP contribution >= 0.6 is 0 Å². The number of unbranched alkanes of at least 4 members (excludes halogenated alkanes) is 8. The smallest absolute Gasteiger partial charge is 0.292 e. The monoisotopic (exact) mass is 387 g/mol. The van der Waals surface area contributed by atoms with Crippen molar-refractivity contribution in [3.8, 4) is 0 Å². The Labute approximate surface area is 170 Å². The van der Waals surface area contributed by atoms with Gasteiger partial charge in [0.25, 0.3) is 11.7 Å². The van der Waals surface area contributed by atoms with E-state index in [4.69, 9.17) is 9.47 Å². The zero-order chi connectivity index (χ0) is 19.8. The molecule has 1 fully saturated rings. The van der Waals surface area contributed by atoms with E-state index in [0.717, 1.165) is 37.1 Å². The molecule has 2 aliphatic rings. The summed E-state index contributed by atoms with van der Waals surface area (Å²) in [4.78, 5) is 15.1. The fourth-order valence-electron chi connectivity index (χ4n) is 4.34. The molecule has 0 radical (unpaired) electrons. The third-order valence-corrected chi connectivity index (χ3v) is 5.98. The molecular weight excluding hydrogens is 350 g/mol. The van der Waals surface area contributed by atoms with Gasteiger partial charge in [0.2, 0.25) is 0 Å². The molecule has 28 heavy (non-hydrogen) atoms. The van der Waals surface area contributed by atoms with Crippen LogP contribution in [0.25, 0.3) is 0 Å². The van der Waals surface area contributed by atoms with E-state index in [-0.39, 0.29) is 5.91 Å². The van der Waals surface area contributed by atoms with Crippen molar-refractivity contribution in [1.29, 1.82) is 0 Å². The minimum absolute atomic E-state index is 0.0319. The molecule has 0 saturated carbocycles. The van der Waals surface area contributed by atoms with Crippen LogP contribution in [-0.4, -0.2) is 25.7 Å². The lowest BCUT2D eigenvalue weighted by molar-refractivity contribution is -0.180. The maximum absolute atomic E-state index is 13.2. The largest absolute Gasteiger partial charge is 0.336 e. The number of nitrogens with zero attached hydrogens (tertiary/aromatic N) is 1. The molecule has 0 bridgehead atoms. The van der Waals surface area contributed by atoms with Gasteiger partial charge in [-0.2, -0.15) is 0 Å². The number of carbonyl (C=O) groups is 1. The Morgan fingerprint density at radius 2 is 1.54 bits per heavy atom. The van der Waals surface area contributed by atoms with Crippen molar-refractivity contribution >= 4 is 11.6 Å². The van der Waals surface area contributed by atoms with Crippen LogP contribution in [0.2, 0.25) is 0 Å². The number of anilines is 1. The van der Waals surface area contributed by atoms with Crippen LogP contribution in [0.4, 0.5) is 5.69 Å². The highest BCUT2D eigenvalue weighted by Gasteiger charge is 2.55. The highest BCUT2D eigenvalue weighted by atomic mass is 16.7. The number of hydrogen-bond acceptors (Lipinski definition) is 3. The third-order valence-electron chi connectivity index (χ3n) is 5.98. The molecule has 1 saturated heterocycles. The molecule has 0 aliphatic carbocycles. The average Bonchev–Trinajstić information content (AvgIpc) is 3.29. The summed E-state index contributed by atoms with van der Waals surface area (Å²) in [6.45, 7) is 6.17. The van der Waals surface area contributed by atoms with Crippen molar-refractivity contribution in [3.05, 3.63) is 29.3 Å². The van der Waals surface area contributed by atoms with E-state index in [2.05, 4.69) is 32.0 Å². The fourth-order valence-corrected chi connectivity index (χ4v) is 4.34. The number of ether oxygens (including phenoxy) is 2. The lowest BCUT2D eigenvalue weighted by Gasteiger charge is -2.22. The van der Waals surface area contributed by atoms with Crippen molar-refractivity contribution in [2.45, 2.75) is 90.3 Å². The minimum atomic E-state index is -1.18. The molecule has 4 nitrogen and oxygen atoms in total. The predicted molar refractivity (Wildman–Crippen MR) is 114 cm³/mol. The summed E-state index contributed by atoms with van der Waals surface area (Å²) in [5.41, 5.74) is 3.17. The number of carbonyl (C=O) groups excluding carboxylic acids is 1. The molecule has 3 rings (SSSR count). The quantitative estimate of drug-likeness (QED) is 0.431. The molecule has 0 atom stereocenters. The van der Waals surface area contributed by atoms with Gasteiger partial charge < -0.3 is 14.4 Å². The van der Waals surface area contributed by atoms with Gasteiger partial charge in [0.1, 0.15) is 0 Å². The number of fused-ring (bicyclic) bond motifs is 2. The molecule has 2 heterocycles. The normalized spacial score (nSPS) is 17.6. The van der Waals surface area contributed by atoms with Crippen LogP contribution in [0.1, 0.15) is 89.2 Å². The van der Waals surface area contributed by atoms with Crippen LogP contribution in [0.15, 0.2) is 18.2 Å². The van der Waals surface area contributed by atoms with E-state index < -0.39 is 5.79 Å². The van der Waals surface area contributed by atoms with Crippen LogP contribution in [0.3, 0.4) is 0 Å². The van der Waals surface area contributed by atoms with Crippen LogP contribution in [-0.2, 0) is 26.5 Å². The number of amides is 1. The molecule has 1 aromatic carbocycles. The van der Waals surface area contributed by atoms with Crippen molar-refractivity contribution in [1.82, 2.24) is 0 Å². The molecule has 4 heteroatoms. The predicted octanol–water partition coefficient (Wildman–Crippen LogP) is 5.72. The lowest BCUT2D eigenvalue weighted by atomic mass is 10.0. The van der Waals surface area contributed by atoms with Crippen molar-refractivity contribution < 1.29 is 14.3 Å². The molecule has 156 valence electrons. The molecule has 2 aliphatic heterocycles. The summed E-state index contributed by atoms with van der Waals surface area (Å²) in [6.07, 6.45) is 13.5. The van der Waals surface area contributed by atoms with Gasteiger partial charge >= 0.3 is 0 Å². The Balaban J connectivity index is 1.61. The summed E-state index contributed by atoms with van der Waals surface area (Å²) in [5.74, 6) is -1.21. The lowest BCUT2D eigenvalue weighted by Crippen LogP contribution is -2.41. The first-order chi connectivity index (χ1) is 13.7. The fraction of sp³-hybridized carbons (Fsp3) is 0.708. The van der Waals surface area contributed by atoms with Crippen LogP contribution < -0.4 is 4.90 Å². The molecule has 1 spiro atoms. The van der Waals surface area contributed by atoms with Gasteiger partial charge in [0, 0.05) is 12.1 Å². The second-order valence-corrected chi connectivity index (χ2v) is 8.20. The number of benzene rings is 1. The molecule has 0 unspecified atom stereocenters. The van der Waals surface area contributed by atoms with Gasteiger partial charge in [-0.15, -0.1) is 0 Å². The highest BCUT2D eigenvalue weighted by Crippen LogP contribution is 2.46. The van der Waals surface area contributed by atoms with Gasteiger partial charge in [-0.25, -0.2) is 0 Å². The third kappa shape index (κ3) is 4.60. The van der Waals surface area contributed by atoms with Crippen LogP contribution in [0, 0.1) is 0 Å². The van der Waals surface area contributed by atoms with Crippen LogP contribution in [0.5, 0.6) is 0 Å². The van der Waals surface area contributed by atoms with E-state index in [0.29, 0.717) is 13.2 Å². The second-order valence-electron chi connectivity index (χ2n) is 8.20. The summed E-state index contributed by atoms with van der Waals surface area (Å²) < 4.78 is 11.8. The molecular formula is C24H37NO3. The maximum Gasteiger partial charge on any atom is 0.292 e. The average molecular weight is 388 g/mol. The van der Waals surface area contributed by atoms with E-state index in [1.165, 1.54) is 56.9 Å². The molecule has 0 aromatic heterocycles. The summed E-state index contributed by atoms with van der Waals surface area (Å²) in [7, 11) is 0. The Kier molecular flexibility index (Phi) is 7.92. The van der Waals surface area contributed by atoms with Crippen molar-refractivity contribution in [2.75, 3.05) is 24.7 Å². The van der Waals surface area contributed by atoms with Crippen molar-refractivity contribution in [3.63, 3.8) is 0 Å². The van der Waals surface area contributed by atoms with Gasteiger partial charge in [-0.3, -0.25) is 4.79 Å². The standard InChI is InChI=1S/C24H37NO3/c1-3-5-7-8-9-10-11-12-16-25-22-15-14-20(13-6-4-2)19-21(22)24(23(25)26)27-17-18-28-24/h14-15,19H,3-13,16-18H2,1-2H3. The van der Waals surface area contributed by atoms with E-state index in [1.807, 2.05) is 4.90 Å². The zero-order valence-electron chi connectivity index (χ0n) is 17.8. The van der Waals surface area contributed by atoms with E-state index >= 15 is 0 Å². The first-order valence-corrected chi connectivity index (χ1v) is 11.5. The summed E-state index contributed by atoms with van der Waals surface area (Å²) in [6, 6.07) is 6.40. The number of aryl methyl sites for hydroxylation is 1. The minimum Gasteiger partial charge on any atom is -0.336 e. The maximum atomic E-state index is 13.2. The zero-order valence-corrected chi connectivity index (χ0v) is 17.8. The molecule has 1 amide bonds. The Hall–Kier alpha value is -1.39. The van der Waals surface area contributed by atoms with Gasteiger partial charge in [-0.05, 0) is 37.0 Å². The highest BCUT2D eigenvalue weighted by molar-refractivity contribution is 6.06. The van der Waals surface area contributed by atoms with Gasteiger partial charge in [0.05, 0.1) is 18.9 Å². The second kappa shape index (κ2) is 10.4. The van der Waals surface area contributed by atoms with E-state index in [9.17, 15) is 4.79 Å². The topological polar surface area (TPSA) is 38.8 Å². The summed E-state index contributed by atoms with van der Waals surface area (Å²) >= 11 is 0.